The van der Waals surface area contributed by atoms with E-state index in [1.807, 2.05) is 0 Å². The van der Waals surface area contributed by atoms with Crippen LogP contribution in [0.15, 0.2) is 48.5 Å². The fraction of sp³-hybridized carbons (Fsp3) is 0. The smallest absolute Gasteiger partial charge is 0.153 e. The van der Waals surface area contributed by atoms with Gasteiger partial charge in [0.2, 0.25) is 0 Å². The number of aromatic hydroxyl groups is 2. The highest BCUT2D eigenvalue weighted by Gasteiger charge is 1.93. The summed E-state index contributed by atoms with van der Waals surface area (Å²) in [5, 5.41) is 17.7. The third kappa shape index (κ3) is 4.09. The van der Waals surface area contributed by atoms with Crippen LogP contribution in [0.5, 0.6) is 11.5 Å². The zero-order chi connectivity index (χ0) is 13.4. The third-order valence-corrected chi connectivity index (χ3v) is 2.07. The van der Waals surface area contributed by atoms with Crippen LogP contribution >= 0.6 is 0 Å². The van der Waals surface area contributed by atoms with Gasteiger partial charge in [-0.1, -0.05) is 24.3 Å². The van der Waals surface area contributed by atoms with Crippen molar-refractivity contribution in [3.63, 3.8) is 0 Å². The second-order valence-corrected chi connectivity index (χ2v) is 3.39. The lowest BCUT2D eigenvalue weighted by atomic mass is 10.2. The van der Waals surface area contributed by atoms with Crippen LogP contribution in [0.25, 0.3) is 0 Å². The van der Waals surface area contributed by atoms with Crippen molar-refractivity contribution in [1.82, 2.24) is 0 Å². The molecule has 0 bridgehead atoms. The van der Waals surface area contributed by atoms with Crippen LogP contribution in [0, 0.1) is 0 Å². The highest BCUT2D eigenvalue weighted by molar-refractivity contribution is 5.78. The molecule has 4 heteroatoms. The number of carbonyl (C=O) groups is 2. The summed E-state index contributed by atoms with van der Waals surface area (Å²) in [6, 6.07) is 12.6. The van der Waals surface area contributed by atoms with E-state index in [1.54, 1.807) is 30.3 Å². The Morgan fingerprint density at radius 1 is 0.833 bits per heavy atom. The quantitative estimate of drug-likeness (QED) is 0.795. The molecule has 0 atom stereocenters. The van der Waals surface area contributed by atoms with Crippen LogP contribution < -0.4 is 0 Å². The highest BCUT2D eigenvalue weighted by Crippen LogP contribution is 2.11. The largest absolute Gasteiger partial charge is 0.508 e. The molecule has 0 heterocycles. The molecule has 0 fully saturated rings. The maximum atomic E-state index is 10.1. The van der Waals surface area contributed by atoms with E-state index >= 15 is 0 Å². The van der Waals surface area contributed by atoms with Gasteiger partial charge in [-0.05, 0) is 24.3 Å². The van der Waals surface area contributed by atoms with Crippen LogP contribution in [0.3, 0.4) is 0 Å². The van der Waals surface area contributed by atoms with Crippen molar-refractivity contribution in [2.24, 2.45) is 0 Å². The summed E-state index contributed by atoms with van der Waals surface area (Å²) in [5.41, 5.74) is 0.826. The molecule has 4 nitrogen and oxygen atoms in total. The fourth-order valence-electron chi connectivity index (χ4n) is 1.19. The van der Waals surface area contributed by atoms with E-state index in [-0.39, 0.29) is 11.5 Å². The van der Waals surface area contributed by atoms with Crippen molar-refractivity contribution in [2.75, 3.05) is 0 Å². The van der Waals surface area contributed by atoms with Crippen molar-refractivity contribution in [2.45, 2.75) is 0 Å². The lowest BCUT2D eigenvalue weighted by Gasteiger charge is -1.91. The molecular weight excluding hydrogens is 232 g/mol. The summed E-state index contributed by atoms with van der Waals surface area (Å²) in [6.45, 7) is 0. The minimum absolute atomic E-state index is 0.0347. The first kappa shape index (κ1) is 13.4. The van der Waals surface area contributed by atoms with Crippen LogP contribution in [0.1, 0.15) is 20.7 Å². The molecule has 0 aromatic heterocycles. The Hall–Kier alpha value is -2.62. The first-order valence-electron chi connectivity index (χ1n) is 5.14. The van der Waals surface area contributed by atoms with Crippen molar-refractivity contribution in [3.05, 3.63) is 59.7 Å². The van der Waals surface area contributed by atoms with Crippen molar-refractivity contribution < 1.29 is 19.8 Å². The minimum atomic E-state index is 0.0347. The van der Waals surface area contributed by atoms with E-state index in [1.165, 1.54) is 18.2 Å². The van der Waals surface area contributed by atoms with E-state index < -0.39 is 0 Å². The molecule has 0 aliphatic heterocycles. The van der Waals surface area contributed by atoms with E-state index in [4.69, 9.17) is 10.2 Å². The van der Waals surface area contributed by atoms with E-state index in [0.717, 1.165) is 0 Å². The van der Waals surface area contributed by atoms with E-state index in [0.29, 0.717) is 23.7 Å². The summed E-state index contributed by atoms with van der Waals surface area (Å²) < 4.78 is 0. The lowest BCUT2D eigenvalue weighted by Crippen LogP contribution is -1.77. The number of hydrogen-bond donors (Lipinski definition) is 2. The Labute approximate surface area is 104 Å². The molecule has 92 valence electrons. The summed E-state index contributed by atoms with van der Waals surface area (Å²) in [6.07, 6.45) is 1.31. The second kappa shape index (κ2) is 6.85. The number of para-hydroxylation sites is 1. The van der Waals surface area contributed by atoms with Gasteiger partial charge in [-0.25, -0.2) is 0 Å². The van der Waals surface area contributed by atoms with Crippen LogP contribution in [-0.2, 0) is 0 Å². The molecule has 0 spiro atoms. The van der Waals surface area contributed by atoms with Gasteiger partial charge < -0.3 is 10.2 Å². The monoisotopic (exact) mass is 244 g/mol. The van der Waals surface area contributed by atoms with Gasteiger partial charge in [0.15, 0.2) is 6.29 Å². The zero-order valence-electron chi connectivity index (χ0n) is 9.48. The second-order valence-electron chi connectivity index (χ2n) is 3.39. The molecule has 0 amide bonds. The summed E-state index contributed by atoms with van der Waals surface area (Å²) in [5.74, 6) is 0.159. The lowest BCUT2D eigenvalue weighted by molar-refractivity contribution is 0.111. The molecule has 2 aromatic carbocycles. The Kier molecular flexibility index (Phi) is 5.12. The van der Waals surface area contributed by atoms with Gasteiger partial charge in [0.05, 0.1) is 5.56 Å². The number of carbonyl (C=O) groups excluding carboxylic acids is 2. The Morgan fingerprint density at radius 2 is 1.56 bits per heavy atom. The molecule has 0 unspecified atom stereocenters. The number of hydrogen-bond acceptors (Lipinski definition) is 4. The van der Waals surface area contributed by atoms with Crippen molar-refractivity contribution >= 4 is 12.6 Å². The molecule has 0 saturated heterocycles. The van der Waals surface area contributed by atoms with Gasteiger partial charge in [-0.3, -0.25) is 9.59 Å². The SMILES string of the molecule is O=Cc1cccc(O)c1.O=Cc1ccccc1O. The first-order valence-corrected chi connectivity index (χ1v) is 5.14. The fourth-order valence-corrected chi connectivity index (χ4v) is 1.19. The van der Waals surface area contributed by atoms with Crippen molar-refractivity contribution in [1.29, 1.82) is 0 Å². The molecule has 0 aliphatic carbocycles. The molecule has 18 heavy (non-hydrogen) atoms. The average Bonchev–Trinajstić information content (AvgIpc) is 2.40. The number of phenols is 2. The maximum absolute atomic E-state index is 10.1. The average molecular weight is 244 g/mol. The predicted octanol–water partition coefficient (Wildman–Crippen LogP) is 2.41. The summed E-state index contributed by atoms with van der Waals surface area (Å²) in [7, 11) is 0. The van der Waals surface area contributed by atoms with Gasteiger partial charge in [-0.2, -0.15) is 0 Å². The highest BCUT2D eigenvalue weighted by atomic mass is 16.3. The molecule has 0 radical (unpaired) electrons. The Balaban J connectivity index is 0.000000180. The minimum Gasteiger partial charge on any atom is -0.508 e. The molecule has 2 N–H and O–H groups in total. The molecular formula is C14H12O4. The number of benzene rings is 2. The van der Waals surface area contributed by atoms with Crippen LogP contribution in [-0.4, -0.2) is 22.8 Å². The molecule has 2 aromatic rings. The van der Waals surface area contributed by atoms with Gasteiger partial charge >= 0.3 is 0 Å². The van der Waals surface area contributed by atoms with Crippen LogP contribution in [0.2, 0.25) is 0 Å². The Morgan fingerprint density at radius 3 is 2.00 bits per heavy atom. The number of aldehydes is 2. The number of phenolic OH excluding ortho intramolecular Hbond substituents is 2. The summed E-state index contributed by atoms with van der Waals surface area (Å²) in [4.78, 5) is 20.1. The normalized spacial score (nSPS) is 8.89. The predicted molar refractivity (Wildman–Crippen MR) is 67.0 cm³/mol. The molecule has 2 rings (SSSR count). The number of rotatable bonds is 2. The van der Waals surface area contributed by atoms with Gasteiger partial charge in [-0.15, -0.1) is 0 Å². The zero-order valence-corrected chi connectivity index (χ0v) is 9.48. The van der Waals surface area contributed by atoms with E-state index in [9.17, 15) is 9.59 Å². The van der Waals surface area contributed by atoms with Crippen LogP contribution in [0.4, 0.5) is 0 Å². The van der Waals surface area contributed by atoms with Gasteiger partial charge in [0.25, 0.3) is 0 Å². The summed E-state index contributed by atoms with van der Waals surface area (Å²) >= 11 is 0. The Bertz CT molecular complexity index is 535. The first-order chi connectivity index (χ1) is 8.67. The topological polar surface area (TPSA) is 74.6 Å². The standard InChI is InChI=1S/2C7H6O2/c8-5-6-2-1-3-7(9)4-6;8-5-6-3-1-2-4-7(6)9/h2*1-5,9H. The van der Waals surface area contributed by atoms with Crippen molar-refractivity contribution in [3.8, 4) is 11.5 Å². The van der Waals surface area contributed by atoms with Gasteiger partial charge in [0.1, 0.15) is 17.8 Å². The van der Waals surface area contributed by atoms with E-state index in [2.05, 4.69) is 0 Å². The third-order valence-electron chi connectivity index (χ3n) is 2.07. The molecule has 0 saturated carbocycles. The maximum Gasteiger partial charge on any atom is 0.153 e. The molecule has 0 aliphatic rings. The van der Waals surface area contributed by atoms with Gasteiger partial charge in [0, 0.05) is 5.56 Å².